The molecular formula is C19H30N2O2. The van der Waals surface area contributed by atoms with Crippen molar-refractivity contribution in [2.75, 3.05) is 32.8 Å². The standard InChI is InChI=1S/C11H15N.C8H15NO2/c1-2-4-10(5-3-1)11-6-8-12-9-7-11;1-2-11-8(10)7-3-5-9-6-4-7/h1-5,11-12H,6-9H2;7,9H,2-6H2,1H3. The summed E-state index contributed by atoms with van der Waals surface area (Å²) in [7, 11) is 0. The summed E-state index contributed by atoms with van der Waals surface area (Å²) >= 11 is 0. The Morgan fingerprint density at radius 2 is 1.57 bits per heavy atom. The Labute approximate surface area is 140 Å². The highest BCUT2D eigenvalue weighted by atomic mass is 16.5. The summed E-state index contributed by atoms with van der Waals surface area (Å²) in [6.45, 7) is 6.60. The Balaban J connectivity index is 0.000000168. The van der Waals surface area contributed by atoms with Crippen LogP contribution >= 0.6 is 0 Å². The molecule has 0 spiro atoms. The normalized spacial score (nSPS) is 19.5. The zero-order valence-electron chi connectivity index (χ0n) is 14.2. The first kappa shape index (κ1) is 18.0. The first-order valence-corrected chi connectivity index (χ1v) is 8.94. The van der Waals surface area contributed by atoms with Crippen LogP contribution in [0.2, 0.25) is 0 Å². The van der Waals surface area contributed by atoms with Crippen LogP contribution in [0.3, 0.4) is 0 Å². The molecule has 2 heterocycles. The molecule has 0 amide bonds. The first-order valence-electron chi connectivity index (χ1n) is 8.94. The molecule has 0 aromatic heterocycles. The van der Waals surface area contributed by atoms with Crippen molar-refractivity contribution in [2.45, 2.75) is 38.5 Å². The van der Waals surface area contributed by atoms with Crippen LogP contribution in [-0.4, -0.2) is 38.8 Å². The summed E-state index contributed by atoms with van der Waals surface area (Å²) in [6, 6.07) is 10.9. The van der Waals surface area contributed by atoms with Crippen molar-refractivity contribution in [3.05, 3.63) is 35.9 Å². The number of nitrogens with one attached hydrogen (secondary N) is 2. The van der Waals surface area contributed by atoms with E-state index in [-0.39, 0.29) is 11.9 Å². The van der Waals surface area contributed by atoms with Crippen LogP contribution in [0, 0.1) is 5.92 Å². The fraction of sp³-hybridized carbons (Fsp3) is 0.632. The molecular weight excluding hydrogens is 288 g/mol. The maximum Gasteiger partial charge on any atom is 0.309 e. The molecule has 0 bridgehead atoms. The van der Waals surface area contributed by atoms with E-state index in [2.05, 4.69) is 41.0 Å². The van der Waals surface area contributed by atoms with Crippen molar-refractivity contribution in [2.24, 2.45) is 5.92 Å². The zero-order valence-corrected chi connectivity index (χ0v) is 14.2. The molecule has 0 saturated carbocycles. The fourth-order valence-electron chi connectivity index (χ4n) is 3.20. The summed E-state index contributed by atoms with van der Waals surface area (Å²) in [6.07, 6.45) is 4.45. The van der Waals surface area contributed by atoms with Gasteiger partial charge >= 0.3 is 5.97 Å². The Kier molecular flexibility index (Phi) is 8.12. The van der Waals surface area contributed by atoms with Gasteiger partial charge in [0.05, 0.1) is 12.5 Å². The minimum absolute atomic E-state index is 0.0194. The van der Waals surface area contributed by atoms with E-state index < -0.39 is 0 Å². The van der Waals surface area contributed by atoms with E-state index in [4.69, 9.17) is 4.74 Å². The van der Waals surface area contributed by atoms with Crippen LogP contribution in [-0.2, 0) is 9.53 Å². The molecule has 0 atom stereocenters. The fourth-order valence-corrected chi connectivity index (χ4v) is 3.20. The van der Waals surface area contributed by atoms with Gasteiger partial charge in [0.2, 0.25) is 0 Å². The second-order valence-corrected chi connectivity index (χ2v) is 6.21. The molecule has 1 aromatic carbocycles. The predicted molar refractivity (Wildman–Crippen MR) is 93.5 cm³/mol. The zero-order chi connectivity index (χ0) is 16.3. The van der Waals surface area contributed by atoms with E-state index in [1.54, 1.807) is 0 Å². The minimum Gasteiger partial charge on any atom is -0.466 e. The number of ether oxygens (including phenoxy) is 1. The molecule has 4 heteroatoms. The van der Waals surface area contributed by atoms with Gasteiger partial charge in [0, 0.05) is 0 Å². The van der Waals surface area contributed by atoms with Gasteiger partial charge in [0.25, 0.3) is 0 Å². The van der Waals surface area contributed by atoms with Crippen LogP contribution in [0.5, 0.6) is 0 Å². The quantitative estimate of drug-likeness (QED) is 0.842. The van der Waals surface area contributed by atoms with Crippen LogP contribution < -0.4 is 10.6 Å². The average Bonchev–Trinajstić information content (AvgIpc) is 2.65. The lowest BCUT2D eigenvalue weighted by Crippen LogP contribution is -2.32. The summed E-state index contributed by atoms with van der Waals surface area (Å²) in [5.74, 6) is 0.928. The number of carbonyl (C=O) groups excluding carboxylic acids is 1. The third-order valence-corrected chi connectivity index (χ3v) is 4.57. The van der Waals surface area contributed by atoms with E-state index in [9.17, 15) is 4.79 Å². The summed E-state index contributed by atoms with van der Waals surface area (Å²) in [4.78, 5) is 11.1. The molecule has 2 saturated heterocycles. The number of hydrogen-bond acceptors (Lipinski definition) is 4. The van der Waals surface area contributed by atoms with Crippen LogP contribution in [0.15, 0.2) is 30.3 Å². The molecule has 4 nitrogen and oxygen atoms in total. The molecule has 3 rings (SSSR count). The summed E-state index contributed by atoms with van der Waals surface area (Å²) in [5.41, 5.74) is 1.51. The molecule has 0 unspecified atom stereocenters. The molecule has 2 aliphatic heterocycles. The lowest BCUT2D eigenvalue weighted by Gasteiger charge is -2.22. The summed E-state index contributed by atoms with van der Waals surface area (Å²) < 4.78 is 4.91. The second-order valence-electron chi connectivity index (χ2n) is 6.21. The van der Waals surface area contributed by atoms with E-state index in [1.807, 2.05) is 6.92 Å². The average molecular weight is 318 g/mol. The van der Waals surface area contributed by atoms with E-state index in [0.29, 0.717) is 6.61 Å². The highest BCUT2D eigenvalue weighted by molar-refractivity contribution is 5.72. The Hall–Kier alpha value is -1.39. The predicted octanol–water partition coefficient (Wildman–Crippen LogP) is 2.70. The number of piperidine rings is 2. The monoisotopic (exact) mass is 318 g/mol. The van der Waals surface area contributed by atoms with Crippen LogP contribution in [0.4, 0.5) is 0 Å². The van der Waals surface area contributed by atoms with Gasteiger partial charge in [-0.3, -0.25) is 4.79 Å². The van der Waals surface area contributed by atoms with Crippen molar-refractivity contribution >= 4 is 5.97 Å². The maximum atomic E-state index is 11.1. The minimum atomic E-state index is -0.0194. The molecule has 2 N–H and O–H groups in total. The van der Waals surface area contributed by atoms with E-state index in [0.717, 1.165) is 31.8 Å². The van der Waals surface area contributed by atoms with Crippen molar-refractivity contribution in [1.29, 1.82) is 0 Å². The topological polar surface area (TPSA) is 50.4 Å². The van der Waals surface area contributed by atoms with E-state index in [1.165, 1.54) is 31.5 Å². The Morgan fingerprint density at radius 3 is 2.13 bits per heavy atom. The lowest BCUT2D eigenvalue weighted by atomic mass is 9.90. The highest BCUT2D eigenvalue weighted by Crippen LogP contribution is 2.24. The van der Waals surface area contributed by atoms with Crippen molar-refractivity contribution < 1.29 is 9.53 Å². The van der Waals surface area contributed by atoms with Crippen LogP contribution in [0.1, 0.15) is 44.1 Å². The highest BCUT2D eigenvalue weighted by Gasteiger charge is 2.21. The van der Waals surface area contributed by atoms with Crippen molar-refractivity contribution in [3.8, 4) is 0 Å². The number of rotatable bonds is 3. The molecule has 1 aromatic rings. The maximum absolute atomic E-state index is 11.1. The third-order valence-electron chi connectivity index (χ3n) is 4.57. The number of esters is 1. The largest absolute Gasteiger partial charge is 0.466 e. The Bertz CT molecular complexity index is 438. The van der Waals surface area contributed by atoms with Gasteiger partial charge in [0.1, 0.15) is 0 Å². The Morgan fingerprint density at radius 1 is 1.00 bits per heavy atom. The number of benzene rings is 1. The molecule has 2 fully saturated rings. The molecule has 128 valence electrons. The van der Waals surface area contributed by atoms with Gasteiger partial charge in [-0.1, -0.05) is 30.3 Å². The van der Waals surface area contributed by atoms with Gasteiger partial charge in [-0.25, -0.2) is 0 Å². The van der Waals surface area contributed by atoms with Gasteiger partial charge in [-0.2, -0.15) is 0 Å². The molecule has 23 heavy (non-hydrogen) atoms. The third kappa shape index (κ3) is 6.32. The smallest absolute Gasteiger partial charge is 0.309 e. The van der Waals surface area contributed by atoms with Crippen LogP contribution in [0.25, 0.3) is 0 Å². The lowest BCUT2D eigenvalue weighted by molar-refractivity contribution is -0.148. The molecule has 0 aliphatic carbocycles. The SMILES string of the molecule is CCOC(=O)C1CCNCC1.c1ccc(C2CCNCC2)cc1. The first-order chi connectivity index (χ1) is 11.3. The number of hydrogen-bond donors (Lipinski definition) is 2. The van der Waals surface area contributed by atoms with Gasteiger partial charge in [-0.15, -0.1) is 0 Å². The van der Waals surface area contributed by atoms with E-state index >= 15 is 0 Å². The van der Waals surface area contributed by atoms with Gasteiger partial charge < -0.3 is 15.4 Å². The molecule has 2 aliphatic rings. The second kappa shape index (κ2) is 10.4. The van der Waals surface area contributed by atoms with Gasteiger partial charge in [-0.05, 0) is 70.3 Å². The van der Waals surface area contributed by atoms with Gasteiger partial charge in [0.15, 0.2) is 0 Å². The van der Waals surface area contributed by atoms with Crippen molar-refractivity contribution in [3.63, 3.8) is 0 Å². The molecule has 0 radical (unpaired) electrons. The summed E-state index contributed by atoms with van der Waals surface area (Å²) in [5, 5.41) is 6.59. The van der Waals surface area contributed by atoms with Crippen molar-refractivity contribution in [1.82, 2.24) is 10.6 Å². The number of carbonyl (C=O) groups is 1.